The highest BCUT2D eigenvalue weighted by Crippen LogP contribution is 2.41. The van der Waals surface area contributed by atoms with Crippen LogP contribution in [-0.2, 0) is 12.6 Å². The van der Waals surface area contributed by atoms with Crippen molar-refractivity contribution in [2.45, 2.75) is 26.4 Å². The predicted molar refractivity (Wildman–Crippen MR) is 74.5 cm³/mol. The quantitative estimate of drug-likeness (QED) is 0.654. The number of aromatic carboxylic acids is 1. The third kappa shape index (κ3) is 3.67. The zero-order valence-electron chi connectivity index (χ0n) is 12.9. The Morgan fingerprint density at radius 1 is 1.24 bits per heavy atom. The summed E-state index contributed by atoms with van der Waals surface area (Å²) in [4.78, 5) is 17.9. The molecule has 0 saturated heterocycles. The number of carboxylic acid groups (broad SMARTS) is 1. The molecule has 0 amide bonds. The summed E-state index contributed by atoms with van der Waals surface area (Å²) in [5, 5.41) is 9.16. The number of halogens is 5. The molecule has 0 aromatic carbocycles. The monoisotopic (exact) mass is 362 g/mol. The molecule has 0 aliphatic carbocycles. The molecule has 5 nitrogen and oxygen atoms in total. The molecule has 0 radical (unpaired) electrons. The van der Waals surface area contributed by atoms with Crippen LogP contribution in [0.5, 0.6) is 11.5 Å². The molecule has 134 valence electrons. The fourth-order valence-electron chi connectivity index (χ4n) is 2.05. The minimum atomic E-state index is -5.10. The van der Waals surface area contributed by atoms with Gasteiger partial charge in [0.15, 0.2) is 17.3 Å². The number of aromatic nitrogens is 2. The molecule has 2 heterocycles. The van der Waals surface area contributed by atoms with Crippen molar-refractivity contribution in [3.8, 4) is 11.5 Å². The molecule has 2 rings (SSSR count). The number of aryl methyl sites for hydroxylation is 2. The Kier molecular flexibility index (Phi) is 4.91. The van der Waals surface area contributed by atoms with E-state index in [1.54, 1.807) is 0 Å². The SMILES string of the molecule is CCc1nc(C(F)(F)F)c(Oc2ccc(F)nc2C)c(C(=O)O)c1F. The lowest BCUT2D eigenvalue weighted by atomic mass is 10.1. The van der Waals surface area contributed by atoms with Crippen LogP contribution in [-0.4, -0.2) is 21.0 Å². The topological polar surface area (TPSA) is 72.3 Å². The largest absolute Gasteiger partial charge is 0.477 e. The molecule has 0 spiro atoms. The molecule has 10 heteroatoms. The van der Waals surface area contributed by atoms with E-state index in [2.05, 4.69) is 9.97 Å². The summed E-state index contributed by atoms with van der Waals surface area (Å²) < 4.78 is 72.0. The normalized spacial score (nSPS) is 11.5. The number of nitrogens with zero attached hydrogens (tertiary/aromatic N) is 2. The Bertz CT molecular complexity index is 837. The van der Waals surface area contributed by atoms with Crippen LogP contribution in [0, 0.1) is 18.7 Å². The Morgan fingerprint density at radius 3 is 2.36 bits per heavy atom. The van der Waals surface area contributed by atoms with Crippen LogP contribution in [0.3, 0.4) is 0 Å². The highest BCUT2D eigenvalue weighted by Gasteiger charge is 2.41. The summed E-state index contributed by atoms with van der Waals surface area (Å²) in [5.41, 5.74) is -3.80. The van der Waals surface area contributed by atoms with Crippen molar-refractivity contribution in [1.82, 2.24) is 9.97 Å². The van der Waals surface area contributed by atoms with E-state index in [9.17, 15) is 26.7 Å². The number of rotatable bonds is 4. The molecule has 2 aromatic heterocycles. The summed E-state index contributed by atoms with van der Waals surface area (Å²) >= 11 is 0. The van der Waals surface area contributed by atoms with Gasteiger partial charge in [-0.2, -0.15) is 17.6 Å². The number of carboxylic acids is 1. The van der Waals surface area contributed by atoms with Gasteiger partial charge in [0.25, 0.3) is 0 Å². The number of carbonyl (C=O) groups is 1. The fraction of sp³-hybridized carbons (Fsp3) is 0.267. The van der Waals surface area contributed by atoms with Gasteiger partial charge in [0.05, 0.1) is 11.4 Å². The van der Waals surface area contributed by atoms with Crippen molar-refractivity contribution in [2.24, 2.45) is 0 Å². The van der Waals surface area contributed by atoms with E-state index in [0.717, 1.165) is 12.1 Å². The van der Waals surface area contributed by atoms with Gasteiger partial charge in [-0.25, -0.2) is 19.2 Å². The van der Waals surface area contributed by atoms with Gasteiger partial charge < -0.3 is 9.84 Å². The van der Waals surface area contributed by atoms with Gasteiger partial charge in [-0.3, -0.25) is 0 Å². The van der Waals surface area contributed by atoms with E-state index in [1.165, 1.54) is 13.8 Å². The van der Waals surface area contributed by atoms with Crippen LogP contribution in [0.25, 0.3) is 0 Å². The van der Waals surface area contributed by atoms with Crippen LogP contribution < -0.4 is 4.74 Å². The molecule has 0 fully saturated rings. The van der Waals surface area contributed by atoms with Crippen LogP contribution >= 0.6 is 0 Å². The molecule has 0 aliphatic heterocycles. The second-order valence-electron chi connectivity index (χ2n) is 4.90. The fourth-order valence-corrected chi connectivity index (χ4v) is 2.05. The Morgan fingerprint density at radius 2 is 1.88 bits per heavy atom. The second kappa shape index (κ2) is 6.61. The molecular formula is C15H11F5N2O3. The van der Waals surface area contributed by atoms with E-state index in [1.807, 2.05) is 0 Å². The van der Waals surface area contributed by atoms with E-state index in [0.29, 0.717) is 0 Å². The number of hydrogen-bond donors (Lipinski definition) is 1. The lowest BCUT2D eigenvalue weighted by molar-refractivity contribution is -0.142. The summed E-state index contributed by atoms with van der Waals surface area (Å²) in [6.45, 7) is 2.56. The lowest BCUT2D eigenvalue weighted by Crippen LogP contribution is -2.18. The molecule has 25 heavy (non-hydrogen) atoms. The molecule has 0 aliphatic rings. The van der Waals surface area contributed by atoms with Crippen molar-refractivity contribution in [1.29, 1.82) is 0 Å². The van der Waals surface area contributed by atoms with Gasteiger partial charge >= 0.3 is 12.1 Å². The van der Waals surface area contributed by atoms with Gasteiger partial charge in [0.2, 0.25) is 5.95 Å². The summed E-state index contributed by atoms with van der Waals surface area (Å²) in [6.07, 6.45) is -5.36. The van der Waals surface area contributed by atoms with Gasteiger partial charge in [-0.05, 0) is 25.5 Å². The highest BCUT2D eigenvalue weighted by atomic mass is 19.4. The minimum absolute atomic E-state index is 0.149. The first kappa shape index (κ1) is 18.6. The van der Waals surface area contributed by atoms with Crippen LogP contribution in [0.4, 0.5) is 22.0 Å². The van der Waals surface area contributed by atoms with E-state index in [4.69, 9.17) is 9.84 Å². The highest BCUT2D eigenvalue weighted by molar-refractivity contribution is 5.92. The molecule has 0 bridgehead atoms. The van der Waals surface area contributed by atoms with Gasteiger partial charge in [-0.1, -0.05) is 6.92 Å². The third-order valence-corrected chi connectivity index (χ3v) is 3.19. The Balaban J connectivity index is 2.77. The molecule has 0 unspecified atom stereocenters. The summed E-state index contributed by atoms with van der Waals surface area (Å²) in [7, 11) is 0. The third-order valence-electron chi connectivity index (χ3n) is 3.19. The number of ether oxygens (including phenoxy) is 1. The number of hydrogen-bond acceptors (Lipinski definition) is 4. The number of pyridine rings is 2. The Labute approximate surface area is 138 Å². The first-order valence-corrected chi connectivity index (χ1v) is 6.90. The van der Waals surface area contributed by atoms with Gasteiger partial charge in [0.1, 0.15) is 11.3 Å². The molecule has 0 saturated carbocycles. The average molecular weight is 362 g/mol. The molecule has 2 aromatic rings. The number of alkyl halides is 3. The lowest BCUT2D eigenvalue weighted by Gasteiger charge is -2.18. The molecular weight excluding hydrogens is 351 g/mol. The maximum Gasteiger partial charge on any atom is 0.437 e. The maximum atomic E-state index is 14.3. The Hall–Kier alpha value is -2.78. The van der Waals surface area contributed by atoms with Crippen LogP contribution in [0.15, 0.2) is 12.1 Å². The first-order valence-electron chi connectivity index (χ1n) is 6.90. The smallest absolute Gasteiger partial charge is 0.437 e. The average Bonchev–Trinajstić information content (AvgIpc) is 2.48. The van der Waals surface area contributed by atoms with E-state index in [-0.39, 0.29) is 17.9 Å². The standard InChI is InChI=1S/C15H11F5N2O3/c1-3-7-11(17)10(14(23)24)12(13(22-7)15(18,19)20)25-8-4-5-9(16)21-6(8)2/h4-5H,3H2,1-2H3,(H,23,24). The zero-order valence-corrected chi connectivity index (χ0v) is 12.9. The molecule has 0 atom stereocenters. The van der Waals surface area contributed by atoms with Gasteiger partial charge in [-0.15, -0.1) is 0 Å². The second-order valence-corrected chi connectivity index (χ2v) is 4.90. The summed E-state index contributed by atoms with van der Waals surface area (Å²) in [5.74, 6) is -5.97. The van der Waals surface area contributed by atoms with Crippen molar-refractivity contribution < 1.29 is 36.6 Å². The minimum Gasteiger partial charge on any atom is -0.477 e. The van der Waals surface area contributed by atoms with E-state index >= 15 is 0 Å². The first-order chi connectivity index (χ1) is 11.6. The van der Waals surface area contributed by atoms with Crippen molar-refractivity contribution in [2.75, 3.05) is 0 Å². The maximum absolute atomic E-state index is 14.3. The molecule has 1 N–H and O–H groups in total. The van der Waals surface area contributed by atoms with E-state index < -0.39 is 46.6 Å². The van der Waals surface area contributed by atoms with Gasteiger partial charge in [0, 0.05) is 0 Å². The predicted octanol–water partition coefficient (Wildman–Crippen LogP) is 4.13. The van der Waals surface area contributed by atoms with Crippen LogP contribution in [0.2, 0.25) is 0 Å². The van der Waals surface area contributed by atoms with Crippen LogP contribution in [0.1, 0.15) is 34.4 Å². The zero-order chi connectivity index (χ0) is 18.9. The van der Waals surface area contributed by atoms with Crippen molar-refractivity contribution >= 4 is 5.97 Å². The summed E-state index contributed by atoms with van der Waals surface area (Å²) in [6, 6.07) is 1.76. The van der Waals surface area contributed by atoms with Crippen molar-refractivity contribution in [3.05, 3.63) is 46.5 Å². The van der Waals surface area contributed by atoms with Crippen molar-refractivity contribution in [3.63, 3.8) is 0 Å².